The van der Waals surface area contributed by atoms with E-state index in [0.29, 0.717) is 5.69 Å². The van der Waals surface area contributed by atoms with Crippen LogP contribution in [-0.4, -0.2) is 18.5 Å². The first-order valence-electron chi connectivity index (χ1n) is 6.95. The second kappa shape index (κ2) is 6.88. The first-order chi connectivity index (χ1) is 10.1. The van der Waals surface area contributed by atoms with Crippen molar-refractivity contribution in [3.63, 3.8) is 0 Å². The highest BCUT2D eigenvalue weighted by Gasteiger charge is 2.18. The van der Waals surface area contributed by atoms with Crippen molar-refractivity contribution < 1.29 is 9.18 Å². The van der Waals surface area contributed by atoms with Gasteiger partial charge in [0.2, 0.25) is 5.91 Å². The van der Waals surface area contributed by atoms with Crippen molar-refractivity contribution in [1.29, 1.82) is 0 Å². The number of hydrogen-bond donors (Lipinski definition) is 1. The summed E-state index contributed by atoms with van der Waals surface area (Å²) in [5, 5.41) is 2.85. The minimum atomic E-state index is -0.360. The van der Waals surface area contributed by atoms with Gasteiger partial charge in [-0.15, -0.1) is 0 Å². The number of anilines is 2. The first-order valence-corrected chi connectivity index (χ1v) is 6.95. The van der Waals surface area contributed by atoms with Crippen molar-refractivity contribution in [1.82, 2.24) is 0 Å². The number of nitrogens with zero attached hydrogens (tertiary/aromatic N) is 1. The fourth-order valence-electron chi connectivity index (χ4n) is 2.18. The van der Waals surface area contributed by atoms with Gasteiger partial charge in [-0.1, -0.05) is 30.3 Å². The van der Waals surface area contributed by atoms with Gasteiger partial charge in [0.15, 0.2) is 0 Å². The Morgan fingerprint density at radius 1 is 1.10 bits per heavy atom. The van der Waals surface area contributed by atoms with Crippen molar-refractivity contribution in [3.8, 4) is 0 Å². The summed E-state index contributed by atoms with van der Waals surface area (Å²) in [6.45, 7) is 3.95. The predicted octanol–water partition coefficient (Wildman–Crippen LogP) is 3.68. The zero-order valence-corrected chi connectivity index (χ0v) is 12.2. The van der Waals surface area contributed by atoms with E-state index >= 15 is 0 Å². The highest BCUT2D eigenvalue weighted by Crippen LogP contribution is 2.17. The molecule has 0 bridgehead atoms. The van der Waals surface area contributed by atoms with Crippen molar-refractivity contribution >= 4 is 17.3 Å². The molecule has 2 aromatic rings. The van der Waals surface area contributed by atoms with E-state index < -0.39 is 0 Å². The third kappa shape index (κ3) is 3.81. The third-order valence-corrected chi connectivity index (χ3v) is 3.12. The smallest absolute Gasteiger partial charge is 0.246 e. The molecule has 0 aromatic heterocycles. The van der Waals surface area contributed by atoms with Crippen LogP contribution in [0.2, 0.25) is 0 Å². The summed E-state index contributed by atoms with van der Waals surface area (Å²) in [6, 6.07) is 15.8. The van der Waals surface area contributed by atoms with E-state index in [1.807, 2.05) is 44.2 Å². The number of nitrogens with one attached hydrogen (secondary N) is 1. The molecule has 4 heteroatoms. The fraction of sp³-hybridized carbons (Fsp3) is 0.235. The van der Waals surface area contributed by atoms with Crippen molar-refractivity contribution in [2.45, 2.75) is 19.9 Å². The molecule has 0 aliphatic rings. The molecule has 0 aliphatic carbocycles. The number of hydrogen-bond acceptors (Lipinski definition) is 2. The highest BCUT2D eigenvalue weighted by atomic mass is 19.1. The Morgan fingerprint density at radius 2 is 1.71 bits per heavy atom. The van der Waals surface area contributed by atoms with E-state index in [1.54, 1.807) is 23.1 Å². The number of carbonyl (C=O) groups excluding carboxylic acids is 1. The molecular weight excluding hydrogens is 267 g/mol. The molecule has 110 valence electrons. The number of carbonyl (C=O) groups is 1. The molecule has 0 saturated carbocycles. The molecule has 2 rings (SSSR count). The largest absolute Gasteiger partial charge is 0.374 e. The van der Waals surface area contributed by atoms with Crippen LogP contribution in [0.4, 0.5) is 15.8 Å². The lowest BCUT2D eigenvalue weighted by Crippen LogP contribution is -2.40. The summed E-state index contributed by atoms with van der Waals surface area (Å²) in [7, 11) is 0. The molecule has 0 spiro atoms. The van der Waals surface area contributed by atoms with Crippen molar-refractivity contribution in [2.75, 3.05) is 16.8 Å². The summed E-state index contributed by atoms with van der Waals surface area (Å²) in [5.41, 5.74) is 1.18. The summed E-state index contributed by atoms with van der Waals surface area (Å²) in [4.78, 5) is 14.1. The minimum absolute atomic E-state index is 0.0299. The minimum Gasteiger partial charge on any atom is -0.374 e. The third-order valence-electron chi connectivity index (χ3n) is 3.12. The van der Waals surface area contributed by atoms with Crippen LogP contribution in [0.1, 0.15) is 13.8 Å². The zero-order valence-electron chi connectivity index (χ0n) is 12.2. The second-order valence-electron chi connectivity index (χ2n) is 5.03. The van der Waals surface area contributed by atoms with Gasteiger partial charge in [-0.3, -0.25) is 4.79 Å². The van der Waals surface area contributed by atoms with Gasteiger partial charge in [0.1, 0.15) is 5.82 Å². The van der Waals surface area contributed by atoms with Crippen LogP contribution in [0.3, 0.4) is 0 Å². The Hall–Kier alpha value is -2.36. The molecule has 0 fully saturated rings. The SMILES string of the molecule is CC(C)N(C(=O)CNc1ccccc1F)c1ccccc1. The van der Waals surface area contributed by atoms with Gasteiger partial charge >= 0.3 is 0 Å². The molecule has 0 atom stereocenters. The first kappa shape index (κ1) is 15.0. The molecule has 0 radical (unpaired) electrons. The predicted molar refractivity (Wildman–Crippen MR) is 84.0 cm³/mol. The standard InChI is InChI=1S/C17H19FN2O/c1-13(2)20(14-8-4-3-5-9-14)17(21)12-19-16-11-7-6-10-15(16)18/h3-11,13,19H,12H2,1-2H3. The lowest BCUT2D eigenvalue weighted by Gasteiger charge is -2.27. The number of rotatable bonds is 5. The summed E-state index contributed by atoms with van der Waals surface area (Å²) >= 11 is 0. The van der Waals surface area contributed by atoms with Crippen LogP contribution in [0.15, 0.2) is 54.6 Å². The van der Waals surface area contributed by atoms with Crippen LogP contribution in [0, 0.1) is 5.82 Å². The summed E-state index contributed by atoms with van der Waals surface area (Å²) in [6.07, 6.45) is 0. The molecule has 0 unspecified atom stereocenters. The van der Waals surface area contributed by atoms with E-state index in [2.05, 4.69) is 5.32 Å². The lowest BCUT2D eigenvalue weighted by molar-refractivity contribution is -0.117. The molecular formula is C17H19FN2O. The van der Waals surface area contributed by atoms with Crippen LogP contribution in [0.5, 0.6) is 0 Å². The van der Waals surface area contributed by atoms with Gasteiger partial charge < -0.3 is 10.2 Å². The average Bonchev–Trinajstić information content (AvgIpc) is 2.47. The van der Waals surface area contributed by atoms with Gasteiger partial charge in [0.25, 0.3) is 0 Å². The number of amides is 1. The molecule has 0 aliphatic heterocycles. The molecule has 0 saturated heterocycles. The fourth-order valence-corrected chi connectivity index (χ4v) is 2.18. The summed E-state index contributed by atoms with van der Waals surface area (Å²) < 4.78 is 13.5. The van der Waals surface area contributed by atoms with E-state index in [-0.39, 0.29) is 24.3 Å². The summed E-state index contributed by atoms with van der Waals surface area (Å²) in [5.74, 6) is -0.458. The molecule has 1 N–H and O–H groups in total. The molecule has 1 amide bonds. The molecule has 2 aromatic carbocycles. The Bertz CT molecular complexity index is 599. The van der Waals surface area contributed by atoms with E-state index in [9.17, 15) is 9.18 Å². The molecule has 3 nitrogen and oxygen atoms in total. The number of benzene rings is 2. The van der Waals surface area contributed by atoms with Gasteiger partial charge in [-0.2, -0.15) is 0 Å². The topological polar surface area (TPSA) is 32.3 Å². The average molecular weight is 286 g/mol. The van der Waals surface area contributed by atoms with E-state index in [0.717, 1.165) is 5.69 Å². The molecule has 0 heterocycles. The quantitative estimate of drug-likeness (QED) is 0.909. The Kier molecular flexibility index (Phi) is 4.93. The van der Waals surface area contributed by atoms with Crippen LogP contribution in [0.25, 0.3) is 0 Å². The van der Waals surface area contributed by atoms with Crippen LogP contribution in [-0.2, 0) is 4.79 Å². The maximum absolute atomic E-state index is 13.5. The Labute approximate surface area is 124 Å². The van der Waals surface area contributed by atoms with Gasteiger partial charge in [-0.25, -0.2) is 4.39 Å². The van der Waals surface area contributed by atoms with Crippen LogP contribution >= 0.6 is 0 Å². The normalized spacial score (nSPS) is 10.5. The maximum atomic E-state index is 13.5. The van der Waals surface area contributed by atoms with Crippen molar-refractivity contribution in [3.05, 3.63) is 60.4 Å². The Morgan fingerprint density at radius 3 is 2.33 bits per heavy atom. The van der Waals surface area contributed by atoms with E-state index in [1.165, 1.54) is 6.07 Å². The van der Waals surface area contributed by atoms with Gasteiger partial charge in [0.05, 0.1) is 12.2 Å². The second-order valence-corrected chi connectivity index (χ2v) is 5.03. The van der Waals surface area contributed by atoms with E-state index in [4.69, 9.17) is 0 Å². The zero-order chi connectivity index (χ0) is 15.2. The van der Waals surface area contributed by atoms with Crippen molar-refractivity contribution in [2.24, 2.45) is 0 Å². The maximum Gasteiger partial charge on any atom is 0.246 e. The van der Waals surface area contributed by atoms with Crippen LogP contribution < -0.4 is 10.2 Å². The van der Waals surface area contributed by atoms with Gasteiger partial charge in [0, 0.05) is 11.7 Å². The highest BCUT2D eigenvalue weighted by molar-refractivity contribution is 5.96. The number of halogens is 1. The molecule has 21 heavy (non-hydrogen) atoms. The van der Waals surface area contributed by atoms with Gasteiger partial charge in [-0.05, 0) is 38.1 Å². The lowest BCUT2D eigenvalue weighted by atomic mass is 10.2. The monoisotopic (exact) mass is 286 g/mol. The Balaban J connectivity index is 2.08. The number of para-hydroxylation sites is 2.